The fourth-order valence-electron chi connectivity index (χ4n) is 2.22. The Hall–Kier alpha value is -2.27. The van der Waals surface area contributed by atoms with Gasteiger partial charge in [-0.15, -0.1) is 11.8 Å². The van der Waals surface area contributed by atoms with E-state index in [1.165, 1.54) is 11.8 Å². The van der Waals surface area contributed by atoms with Gasteiger partial charge in [0.25, 0.3) is 0 Å². The summed E-state index contributed by atoms with van der Waals surface area (Å²) in [5.41, 5.74) is 4.85. The number of amides is 2. The van der Waals surface area contributed by atoms with E-state index in [9.17, 15) is 9.59 Å². The smallest absolute Gasteiger partial charge is 0.237 e. The third-order valence-electron chi connectivity index (χ3n) is 3.82. The maximum absolute atomic E-state index is 12.3. The van der Waals surface area contributed by atoms with Gasteiger partial charge in [-0.05, 0) is 57.0 Å². The van der Waals surface area contributed by atoms with E-state index in [1.54, 1.807) is 0 Å². The first-order valence-corrected chi connectivity index (χ1v) is 9.26. The van der Waals surface area contributed by atoms with Crippen molar-refractivity contribution >= 4 is 35.0 Å². The zero-order valence-electron chi connectivity index (χ0n) is 15.1. The van der Waals surface area contributed by atoms with Crippen LogP contribution in [0.15, 0.2) is 42.5 Å². The van der Waals surface area contributed by atoms with E-state index < -0.39 is 0 Å². The molecule has 2 aromatic carbocycles. The summed E-state index contributed by atoms with van der Waals surface area (Å²) < 4.78 is 0. The quantitative estimate of drug-likeness (QED) is 0.811. The van der Waals surface area contributed by atoms with Crippen LogP contribution in [0.25, 0.3) is 0 Å². The number of rotatable bonds is 6. The van der Waals surface area contributed by atoms with Gasteiger partial charge in [0.1, 0.15) is 0 Å². The van der Waals surface area contributed by atoms with Crippen LogP contribution >= 0.6 is 11.8 Å². The van der Waals surface area contributed by atoms with Crippen LogP contribution < -0.4 is 10.6 Å². The van der Waals surface area contributed by atoms with Crippen LogP contribution in [0.3, 0.4) is 0 Å². The standard InChI is InChI=1S/C20H24N2O2S/c1-13-6-9-17(10-7-13)21-19(23)12-25-16(4)20(24)22-18-11-14(2)5-8-15(18)3/h5-11,16H,12H2,1-4H3,(H,21,23)(H,22,24)/t16-/m0/s1. The molecule has 1 atom stereocenters. The number of benzene rings is 2. The average molecular weight is 356 g/mol. The molecule has 0 fully saturated rings. The predicted molar refractivity (Wildman–Crippen MR) is 106 cm³/mol. The second-order valence-electron chi connectivity index (χ2n) is 6.18. The van der Waals surface area contributed by atoms with Crippen molar-refractivity contribution in [1.29, 1.82) is 0 Å². The molecule has 2 rings (SSSR count). The van der Waals surface area contributed by atoms with Crippen molar-refractivity contribution in [1.82, 2.24) is 0 Å². The molecule has 0 aliphatic heterocycles. The Morgan fingerprint density at radius 3 is 2.28 bits per heavy atom. The fraction of sp³-hybridized carbons (Fsp3) is 0.300. The summed E-state index contributed by atoms with van der Waals surface area (Å²) in [5, 5.41) is 5.46. The molecule has 0 unspecified atom stereocenters. The highest BCUT2D eigenvalue weighted by Gasteiger charge is 2.16. The van der Waals surface area contributed by atoms with Gasteiger partial charge in [0.05, 0.1) is 11.0 Å². The highest BCUT2D eigenvalue weighted by molar-refractivity contribution is 8.01. The predicted octanol–water partition coefficient (Wildman–Crippen LogP) is 4.31. The maximum Gasteiger partial charge on any atom is 0.237 e. The molecular weight excluding hydrogens is 332 g/mol. The number of thioether (sulfide) groups is 1. The van der Waals surface area contributed by atoms with Crippen molar-refractivity contribution in [2.24, 2.45) is 0 Å². The van der Waals surface area contributed by atoms with Crippen molar-refractivity contribution in [2.75, 3.05) is 16.4 Å². The molecule has 0 heterocycles. The highest BCUT2D eigenvalue weighted by Crippen LogP contribution is 2.19. The summed E-state index contributed by atoms with van der Waals surface area (Å²) in [4.78, 5) is 24.3. The van der Waals surface area contributed by atoms with Crippen molar-refractivity contribution in [2.45, 2.75) is 32.9 Å². The lowest BCUT2D eigenvalue weighted by atomic mass is 10.1. The molecule has 0 radical (unpaired) electrons. The van der Waals surface area contributed by atoms with Gasteiger partial charge in [-0.25, -0.2) is 0 Å². The van der Waals surface area contributed by atoms with Gasteiger partial charge in [-0.1, -0.05) is 29.8 Å². The molecule has 2 amide bonds. The normalized spacial score (nSPS) is 11.7. The molecule has 25 heavy (non-hydrogen) atoms. The zero-order chi connectivity index (χ0) is 18.4. The van der Waals surface area contributed by atoms with Gasteiger partial charge >= 0.3 is 0 Å². The molecule has 0 saturated carbocycles. The van der Waals surface area contributed by atoms with Gasteiger partial charge in [-0.2, -0.15) is 0 Å². The van der Waals surface area contributed by atoms with Crippen LogP contribution in [0.2, 0.25) is 0 Å². The monoisotopic (exact) mass is 356 g/mol. The number of anilines is 2. The van der Waals surface area contributed by atoms with Gasteiger partial charge in [0, 0.05) is 11.4 Å². The van der Waals surface area contributed by atoms with Crippen LogP contribution in [-0.2, 0) is 9.59 Å². The van der Waals surface area contributed by atoms with E-state index in [-0.39, 0.29) is 22.8 Å². The Morgan fingerprint density at radius 2 is 1.60 bits per heavy atom. The minimum Gasteiger partial charge on any atom is -0.325 e. The highest BCUT2D eigenvalue weighted by atomic mass is 32.2. The zero-order valence-corrected chi connectivity index (χ0v) is 15.9. The molecule has 132 valence electrons. The Bertz CT molecular complexity index is 757. The largest absolute Gasteiger partial charge is 0.325 e. The Balaban J connectivity index is 1.83. The first-order valence-electron chi connectivity index (χ1n) is 8.21. The molecule has 0 saturated heterocycles. The summed E-state index contributed by atoms with van der Waals surface area (Å²) in [6.07, 6.45) is 0. The molecule has 2 N–H and O–H groups in total. The summed E-state index contributed by atoms with van der Waals surface area (Å²) >= 11 is 1.32. The summed E-state index contributed by atoms with van der Waals surface area (Å²) in [7, 11) is 0. The minimum atomic E-state index is -0.316. The molecule has 0 aliphatic rings. The van der Waals surface area contributed by atoms with E-state index in [2.05, 4.69) is 10.6 Å². The molecule has 4 nitrogen and oxygen atoms in total. The number of aryl methyl sites for hydroxylation is 3. The minimum absolute atomic E-state index is 0.0955. The van der Waals surface area contributed by atoms with Crippen LogP contribution in [-0.4, -0.2) is 22.8 Å². The second kappa shape index (κ2) is 8.72. The maximum atomic E-state index is 12.3. The molecular formula is C20H24N2O2S. The van der Waals surface area contributed by atoms with Gasteiger partial charge in [-0.3, -0.25) is 9.59 Å². The molecule has 0 spiro atoms. The number of nitrogens with one attached hydrogen (secondary N) is 2. The third kappa shape index (κ3) is 5.94. The lowest BCUT2D eigenvalue weighted by Gasteiger charge is -2.14. The van der Waals surface area contributed by atoms with E-state index in [4.69, 9.17) is 0 Å². The number of carbonyl (C=O) groups is 2. The van der Waals surface area contributed by atoms with E-state index in [0.29, 0.717) is 0 Å². The number of carbonyl (C=O) groups excluding carboxylic acids is 2. The van der Waals surface area contributed by atoms with Crippen LogP contribution in [0.5, 0.6) is 0 Å². The van der Waals surface area contributed by atoms with Crippen molar-refractivity contribution in [3.8, 4) is 0 Å². The number of hydrogen-bond donors (Lipinski definition) is 2. The van der Waals surface area contributed by atoms with E-state index in [0.717, 1.165) is 28.1 Å². The topological polar surface area (TPSA) is 58.2 Å². The Kier molecular flexibility index (Phi) is 6.65. The third-order valence-corrected chi connectivity index (χ3v) is 4.96. The lowest BCUT2D eigenvalue weighted by molar-refractivity contribution is -0.115. The average Bonchev–Trinajstić information content (AvgIpc) is 2.58. The molecule has 5 heteroatoms. The Labute approximate surface area is 153 Å². The molecule has 0 aliphatic carbocycles. The molecule has 0 bridgehead atoms. The van der Waals surface area contributed by atoms with Gasteiger partial charge < -0.3 is 10.6 Å². The summed E-state index contributed by atoms with van der Waals surface area (Å²) in [5.74, 6) is 0.0250. The van der Waals surface area contributed by atoms with Gasteiger partial charge in [0.15, 0.2) is 0 Å². The first-order chi connectivity index (χ1) is 11.8. The lowest BCUT2D eigenvalue weighted by Crippen LogP contribution is -2.25. The van der Waals surface area contributed by atoms with Crippen LogP contribution in [0.4, 0.5) is 11.4 Å². The van der Waals surface area contributed by atoms with Crippen molar-refractivity contribution in [3.63, 3.8) is 0 Å². The Morgan fingerprint density at radius 1 is 0.960 bits per heavy atom. The van der Waals surface area contributed by atoms with Crippen LogP contribution in [0.1, 0.15) is 23.6 Å². The fourth-order valence-corrected chi connectivity index (χ4v) is 2.90. The molecule has 2 aromatic rings. The first kappa shape index (κ1) is 19.1. The number of hydrogen-bond acceptors (Lipinski definition) is 3. The van der Waals surface area contributed by atoms with Crippen molar-refractivity contribution < 1.29 is 9.59 Å². The summed E-state index contributed by atoms with van der Waals surface area (Å²) in [6.45, 7) is 7.76. The van der Waals surface area contributed by atoms with E-state index >= 15 is 0 Å². The summed E-state index contributed by atoms with van der Waals surface area (Å²) in [6, 6.07) is 13.6. The molecule has 0 aromatic heterocycles. The van der Waals surface area contributed by atoms with E-state index in [1.807, 2.05) is 70.2 Å². The van der Waals surface area contributed by atoms with Gasteiger partial charge in [0.2, 0.25) is 11.8 Å². The van der Waals surface area contributed by atoms with Crippen molar-refractivity contribution in [3.05, 3.63) is 59.2 Å². The SMILES string of the molecule is Cc1ccc(NC(=O)CS[C@@H](C)C(=O)Nc2cc(C)ccc2C)cc1. The van der Waals surface area contributed by atoms with Crippen LogP contribution in [0, 0.1) is 20.8 Å². The second-order valence-corrected chi connectivity index (χ2v) is 7.50.